The lowest BCUT2D eigenvalue weighted by molar-refractivity contribution is 0.339. The maximum Gasteiger partial charge on any atom is 0.119 e. The molecular formula is C14H20O. The molecule has 1 rings (SSSR count). The van der Waals surface area contributed by atoms with Crippen LogP contribution < -0.4 is 4.74 Å². The molecule has 0 spiro atoms. The summed E-state index contributed by atoms with van der Waals surface area (Å²) in [6.45, 7) is 10.9. The van der Waals surface area contributed by atoms with Gasteiger partial charge in [-0.15, -0.1) is 6.58 Å². The lowest BCUT2D eigenvalue weighted by Gasteiger charge is -2.14. The van der Waals surface area contributed by atoms with Crippen LogP contribution in [0.5, 0.6) is 5.75 Å². The molecule has 15 heavy (non-hydrogen) atoms. The maximum absolute atomic E-state index is 5.51. The fourth-order valence-electron chi connectivity index (χ4n) is 1.70. The van der Waals surface area contributed by atoms with E-state index in [0.29, 0.717) is 12.5 Å². The van der Waals surface area contributed by atoms with E-state index in [9.17, 15) is 0 Å². The van der Waals surface area contributed by atoms with Crippen molar-refractivity contribution in [3.63, 3.8) is 0 Å². The molecule has 1 atom stereocenters. The molecule has 0 bridgehead atoms. The van der Waals surface area contributed by atoms with Crippen molar-refractivity contribution in [3.05, 3.63) is 42.0 Å². The van der Waals surface area contributed by atoms with Gasteiger partial charge in [0.15, 0.2) is 0 Å². The van der Waals surface area contributed by atoms with Gasteiger partial charge in [-0.2, -0.15) is 0 Å². The monoisotopic (exact) mass is 204 g/mol. The molecule has 0 heterocycles. The predicted octanol–water partition coefficient (Wildman–Crippen LogP) is 3.94. The molecule has 82 valence electrons. The Morgan fingerprint density at radius 2 is 2.13 bits per heavy atom. The van der Waals surface area contributed by atoms with Crippen molar-refractivity contribution in [1.29, 1.82) is 0 Å². The van der Waals surface area contributed by atoms with E-state index in [1.165, 1.54) is 11.1 Å². The van der Waals surface area contributed by atoms with Gasteiger partial charge in [0.05, 0.1) is 6.61 Å². The summed E-state index contributed by atoms with van der Waals surface area (Å²) >= 11 is 0. The molecule has 0 amide bonds. The second-order valence-corrected chi connectivity index (χ2v) is 3.67. The van der Waals surface area contributed by atoms with Crippen LogP contribution in [0.25, 0.3) is 0 Å². The van der Waals surface area contributed by atoms with Gasteiger partial charge in [-0.1, -0.05) is 26.0 Å². The molecule has 0 saturated heterocycles. The van der Waals surface area contributed by atoms with Gasteiger partial charge in [0, 0.05) is 0 Å². The zero-order valence-corrected chi connectivity index (χ0v) is 9.92. The average Bonchev–Trinajstić information content (AvgIpc) is 2.28. The first kappa shape index (κ1) is 11.8. The van der Waals surface area contributed by atoms with Crippen molar-refractivity contribution in [2.75, 3.05) is 6.61 Å². The third-order valence-corrected chi connectivity index (χ3v) is 2.65. The van der Waals surface area contributed by atoms with Crippen LogP contribution in [0.2, 0.25) is 0 Å². The van der Waals surface area contributed by atoms with E-state index in [1.807, 2.05) is 19.1 Å². The van der Waals surface area contributed by atoms with E-state index in [0.717, 1.165) is 12.2 Å². The molecule has 1 aromatic carbocycles. The standard InChI is InChI=1S/C14H20O/c1-5-11(4)14-10-13(15-7-3)9-8-12(14)6-2/h5,8-11H,1,6-7H2,2-4H3. The minimum Gasteiger partial charge on any atom is -0.494 e. The first-order valence-corrected chi connectivity index (χ1v) is 5.61. The van der Waals surface area contributed by atoms with E-state index in [2.05, 4.69) is 32.6 Å². The smallest absolute Gasteiger partial charge is 0.119 e. The second-order valence-electron chi connectivity index (χ2n) is 3.67. The Kier molecular flexibility index (Phi) is 4.41. The topological polar surface area (TPSA) is 9.23 Å². The van der Waals surface area contributed by atoms with Gasteiger partial charge in [-0.05, 0) is 42.5 Å². The number of hydrogen-bond donors (Lipinski definition) is 0. The quantitative estimate of drug-likeness (QED) is 0.660. The molecule has 0 aliphatic heterocycles. The van der Waals surface area contributed by atoms with Gasteiger partial charge in [-0.3, -0.25) is 0 Å². The van der Waals surface area contributed by atoms with Crippen LogP contribution >= 0.6 is 0 Å². The molecular weight excluding hydrogens is 184 g/mol. The summed E-state index contributed by atoms with van der Waals surface area (Å²) in [6, 6.07) is 6.33. The van der Waals surface area contributed by atoms with Gasteiger partial charge in [-0.25, -0.2) is 0 Å². The number of aryl methyl sites for hydroxylation is 1. The largest absolute Gasteiger partial charge is 0.494 e. The van der Waals surface area contributed by atoms with E-state index in [1.54, 1.807) is 0 Å². The highest BCUT2D eigenvalue weighted by molar-refractivity contribution is 5.39. The van der Waals surface area contributed by atoms with Crippen molar-refractivity contribution in [1.82, 2.24) is 0 Å². The van der Waals surface area contributed by atoms with Crippen molar-refractivity contribution in [3.8, 4) is 5.75 Å². The van der Waals surface area contributed by atoms with Gasteiger partial charge in [0.1, 0.15) is 5.75 Å². The maximum atomic E-state index is 5.51. The lowest BCUT2D eigenvalue weighted by Crippen LogP contribution is -1.98. The van der Waals surface area contributed by atoms with Crippen LogP contribution in [0.3, 0.4) is 0 Å². The van der Waals surface area contributed by atoms with Crippen LogP contribution in [0, 0.1) is 0 Å². The summed E-state index contributed by atoms with van der Waals surface area (Å²) in [7, 11) is 0. The van der Waals surface area contributed by atoms with Crippen LogP contribution in [0.1, 0.15) is 37.8 Å². The third kappa shape index (κ3) is 2.85. The van der Waals surface area contributed by atoms with Crippen LogP contribution in [0.4, 0.5) is 0 Å². The summed E-state index contributed by atoms with van der Waals surface area (Å²) in [5.41, 5.74) is 2.71. The molecule has 0 aliphatic carbocycles. The van der Waals surface area contributed by atoms with Gasteiger partial charge < -0.3 is 4.74 Å². The summed E-state index contributed by atoms with van der Waals surface area (Å²) in [5, 5.41) is 0. The molecule has 1 aromatic rings. The van der Waals surface area contributed by atoms with Crippen LogP contribution in [-0.2, 0) is 6.42 Å². The van der Waals surface area contributed by atoms with Crippen molar-refractivity contribution >= 4 is 0 Å². The van der Waals surface area contributed by atoms with Gasteiger partial charge >= 0.3 is 0 Å². The minimum absolute atomic E-state index is 0.389. The normalized spacial score (nSPS) is 12.2. The Morgan fingerprint density at radius 1 is 1.40 bits per heavy atom. The fourth-order valence-corrected chi connectivity index (χ4v) is 1.70. The molecule has 0 fully saturated rings. The molecule has 0 N–H and O–H groups in total. The highest BCUT2D eigenvalue weighted by atomic mass is 16.5. The molecule has 1 nitrogen and oxygen atoms in total. The second kappa shape index (κ2) is 5.59. The molecule has 1 unspecified atom stereocenters. The SMILES string of the molecule is C=CC(C)c1cc(OCC)ccc1CC. The van der Waals surface area contributed by atoms with E-state index in [-0.39, 0.29) is 0 Å². The molecule has 0 aliphatic rings. The number of rotatable bonds is 5. The molecule has 1 heteroatoms. The Labute approximate surface area is 92.8 Å². The summed E-state index contributed by atoms with van der Waals surface area (Å²) in [6.07, 6.45) is 3.03. The Bertz CT molecular complexity index is 328. The van der Waals surface area contributed by atoms with E-state index >= 15 is 0 Å². The van der Waals surface area contributed by atoms with Crippen molar-refractivity contribution in [2.45, 2.75) is 33.1 Å². The lowest BCUT2D eigenvalue weighted by atomic mass is 9.94. The number of allylic oxidation sites excluding steroid dienone is 1. The van der Waals surface area contributed by atoms with Gasteiger partial charge in [0.25, 0.3) is 0 Å². The van der Waals surface area contributed by atoms with Crippen molar-refractivity contribution in [2.24, 2.45) is 0 Å². The number of hydrogen-bond acceptors (Lipinski definition) is 1. The molecule has 0 saturated carbocycles. The first-order valence-electron chi connectivity index (χ1n) is 5.61. The summed E-state index contributed by atoms with van der Waals surface area (Å²) in [5.74, 6) is 1.35. The van der Waals surface area contributed by atoms with Gasteiger partial charge in [0.2, 0.25) is 0 Å². The third-order valence-electron chi connectivity index (χ3n) is 2.65. The predicted molar refractivity (Wildman–Crippen MR) is 65.6 cm³/mol. The highest BCUT2D eigenvalue weighted by Gasteiger charge is 2.07. The molecule has 0 radical (unpaired) electrons. The average molecular weight is 204 g/mol. The first-order chi connectivity index (χ1) is 7.22. The van der Waals surface area contributed by atoms with Crippen molar-refractivity contribution < 1.29 is 4.74 Å². The minimum atomic E-state index is 0.389. The van der Waals surface area contributed by atoms with Crippen LogP contribution in [-0.4, -0.2) is 6.61 Å². The zero-order valence-electron chi connectivity index (χ0n) is 9.92. The van der Waals surface area contributed by atoms with E-state index in [4.69, 9.17) is 4.74 Å². The molecule has 0 aromatic heterocycles. The Morgan fingerprint density at radius 3 is 2.67 bits per heavy atom. The number of benzene rings is 1. The zero-order chi connectivity index (χ0) is 11.3. The number of ether oxygens (including phenoxy) is 1. The fraction of sp³-hybridized carbons (Fsp3) is 0.429. The Balaban J connectivity index is 3.06. The summed E-state index contributed by atoms with van der Waals surface area (Å²) in [4.78, 5) is 0. The van der Waals surface area contributed by atoms with Crippen LogP contribution in [0.15, 0.2) is 30.9 Å². The Hall–Kier alpha value is -1.24. The summed E-state index contributed by atoms with van der Waals surface area (Å²) < 4.78 is 5.51. The van der Waals surface area contributed by atoms with E-state index < -0.39 is 0 Å². The highest BCUT2D eigenvalue weighted by Crippen LogP contribution is 2.26.